The number of rotatable bonds is 6. The first-order valence-corrected chi connectivity index (χ1v) is 8.78. The Morgan fingerprint density at radius 2 is 1.96 bits per heavy atom. The summed E-state index contributed by atoms with van der Waals surface area (Å²) in [5, 5.41) is 10.9. The fourth-order valence-corrected chi connectivity index (χ4v) is 3.36. The first kappa shape index (κ1) is 16.5. The number of aromatic nitrogens is 1. The number of aromatic amines is 1. The van der Waals surface area contributed by atoms with Crippen LogP contribution in [0.5, 0.6) is 5.75 Å². The third-order valence-electron chi connectivity index (χ3n) is 4.79. The summed E-state index contributed by atoms with van der Waals surface area (Å²) in [7, 11) is 1.66. The van der Waals surface area contributed by atoms with Gasteiger partial charge in [-0.15, -0.1) is 0 Å². The van der Waals surface area contributed by atoms with Gasteiger partial charge in [-0.1, -0.05) is 12.1 Å². The second-order valence-corrected chi connectivity index (χ2v) is 6.66. The Kier molecular flexibility index (Phi) is 4.27. The maximum absolute atomic E-state index is 9.85. The van der Waals surface area contributed by atoms with E-state index in [0.717, 1.165) is 40.8 Å². The van der Waals surface area contributed by atoms with Crippen molar-refractivity contribution < 1.29 is 9.47 Å². The van der Waals surface area contributed by atoms with Crippen LogP contribution < -0.4 is 10.5 Å². The predicted molar refractivity (Wildman–Crippen MR) is 102 cm³/mol. The van der Waals surface area contributed by atoms with Gasteiger partial charge in [-0.05, 0) is 48.1 Å². The van der Waals surface area contributed by atoms with Crippen molar-refractivity contribution in [1.29, 1.82) is 5.26 Å². The van der Waals surface area contributed by atoms with E-state index in [1.54, 1.807) is 7.11 Å². The van der Waals surface area contributed by atoms with Gasteiger partial charge in [0.25, 0.3) is 0 Å². The second kappa shape index (κ2) is 6.74. The Hall–Kier alpha value is -2.97. The van der Waals surface area contributed by atoms with Gasteiger partial charge in [0.05, 0.1) is 23.4 Å². The van der Waals surface area contributed by atoms with Gasteiger partial charge in [0.15, 0.2) is 0 Å². The van der Waals surface area contributed by atoms with Gasteiger partial charge >= 0.3 is 0 Å². The highest BCUT2D eigenvalue weighted by atomic mass is 16.5. The molecule has 4 rings (SSSR count). The monoisotopic (exact) mass is 347 g/mol. The number of fused-ring (bicyclic) bond motifs is 1. The molecule has 1 aliphatic rings. The third kappa shape index (κ3) is 3.00. The fourth-order valence-electron chi connectivity index (χ4n) is 3.36. The lowest BCUT2D eigenvalue weighted by Gasteiger charge is -2.09. The molecule has 5 heteroatoms. The minimum Gasteiger partial charge on any atom is -0.491 e. The van der Waals surface area contributed by atoms with Crippen LogP contribution in [0.25, 0.3) is 22.2 Å². The van der Waals surface area contributed by atoms with Crippen molar-refractivity contribution >= 4 is 16.6 Å². The summed E-state index contributed by atoms with van der Waals surface area (Å²) in [5.74, 6) is 1.32. The average Bonchev–Trinajstić information content (AvgIpc) is 3.42. The molecule has 3 aromatic rings. The minimum atomic E-state index is 0.503. The minimum absolute atomic E-state index is 0.503. The lowest BCUT2D eigenvalue weighted by Crippen LogP contribution is -2.04. The standard InChI is InChI=1S/C21H21N3O2/c1-25-8-9-26-16-10-17(13-2-3-13)20-18(12-22)21(24-19(20)11-16)14-4-6-15(23)7-5-14/h4-7,10-11,13,24H,2-3,8-9,23H2,1H3. The summed E-state index contributed by atoms with van der Waals surface area (Å²) in [6, 6.07) is 14.0. The predicted octanol–water partition coefficient (Wildman–Crippen LogP) is 4.19. The van der Waals surface area contributed by atoms with E-state index in [1.165, 1.54) is 5.56 Å². The van der Waals surface area contributed by atoms with Gasteiger partial charge in [0.2, 0.25) is 0 Å². The van der Waals surface area contributed by atoms with E-state index >= 15 is 0 Å². The van der Waals surface area contributed by atoms with Gasteiger partial charge in [-0.2, -0.15) is 5.26 Å². The molecule has 26 heavy (non-hydrogen) atoms. The summed E-state index contributed by atoms with van der Waals surface area (Å²) >= 11 is 0. The average molecular weight is 347 g/mol. The molecule has 5 nitrogen and oxygen atoms in total. The fraction of sp³-hybridized carbons (Fsp3) is 0.286. The number of nitrogen functional groups attached to an aromatic ring is 1. The molecule has 0 aliphatic heterocycles. The Morgan fingerprint density at radius 1 is 1.19 bits per heavy atom. The molecule has 3 N–H and O–H groups in total. The molecule has 0 saturated heterocycles. The Labute approximate surface area is 152 Å². The molecule has 0 radical (unpaired) electrons. The number of ether oxygens (including phenoxy) is 2. The summed E-state index contributed by atoms with van der Waals surface area (Å²) in [6.45, 7) is 1.05. The summed E-state index contributed by atoms with van der Waals surface area (Å²) in [4.78, 5) is 3.43. The van der Waals surface area contributed by atoms with E-state index in [2.05, 4.69) is 17.1 Å². The number of nitrogens with two attached hydrogens (primary N) is 1. The molecule has 132 valence electrons. The highest BCUT2D eigenvalue weighted by Crippen LogP contribution is 2.46. The van der Waals surface area contributed by atoms with Crippen LogP contribution in [0.2, 0.25) is 0 Å². The number of nitriles is 1. The van der Waals surface area contributed by atoms with Crippen LogP contribution in [0.1, 0.15) is 29.9 Å². The van der Waals surface area contributed by atoms with Gasteiger partial charge < -0.3 is 20.2 Å². The number of nitrogens with one attached hydrogen (secondary N) is 1. The SMILES string of the molecule is COCCOc1cc(C2CC2)c2c(C#N)c(-c3ccc(N)cc3)[nH]c2c1. The van der Waals surface area contributed by atoms with E-state index in [0.29, 0.717) is 30.4 Å². The van der Waals surface area contributed by atoms with Crippen LogP contribution in [-0.4, -0.2) is 25.3 Å². The van der Waals surface area contributed by atoms with Crippen molar-refractivity contribution in [3.8, 4) is 23.1 Å². The molecular formula is C21H21N3O2. The van der Waals surface area contributed by atoms with E-state index in [4.69, 9.17) is 15.2 Å². The number of methoxy groups -OCH3 is 1. The van der Waals surface area contributed by atoms with E-state index in [9.17, 15) is 5.26 Å². The molecule has 2 aromatic carbocycles. The Balaban J connectivity index is 1.85. The zero-order valence-electron chi connectivity index (χ0n) is 14.7. The number of benzene rings is 2. The van der Waals surface area contributed by atoms with Crippen molar-refractivity contribution in [2.75, 3.05) is 26.1 Å². The van der Waals surface area contributed by atoms with Crippen LogP contribution in [-0.2, 0) is 4.74 Å². The van der Waals surface area contributed by atoms with Crippen LogP contribution in [0.15, 0.2) is 36.4 Å². The molecule has 1 aromatic heterocycles. The van der Waals surface area contributed by atoms with Crippen molar-refractivity contribution in [2.24, 2.45) is 0 Å². The van der Waals surface area contributed by atoms with Gasteiger partial charge in [-0.25, -0.2) is 0 Å². The van der Waals surface area contributed by atoms with Gasteiger partial charge in [0, 0.05) is 24.2 Å². The number of anilines is 1. The molecule has 0 atom stereocenters. The number of nitrogens with zero attached hydrogens (tertiary/aromatic N) is 1. The first-order chi connectivity index (χ1) is 12.7. The Morgan fingerprint density at radius 3 is 2.62 bits per heavy atom. The number of H-pyrrole nitrogens is 1. The number of hydrogen-bond acceptors (Lipinski definition) is 4. The van der Waals surface area contributed by atoms with E-state index in [1.807, 2.05) is 30.3 Å². The second-order valence-electron chi connectivity index (χ2n) is 6.66. The van der Waals surface area contributed by atoms with Gasteiger partial charge in [0.1, 0.15) is 18.4 Å². The smallest absolute Gasteiger partial charge is 0.121 e. The first-order valence-electron chi connectivity index (χ1n) is 8.78. The molecule has 1 aliphatic carbocycles. The van der Waals surface area contributed by atoms with Crippen LogP contribution in [0.4, 0.5) is 5.69 Å². The van der Waals surface area contributed by atoms with E-state index in [-0.39, 0.29) is 0 Å². The summed E-state index contributed by atoms with van der Waals surface area (Å²) in [6.07, 6.45) is 2.31. The van der Waals surface area contributed by atoms with Crippen molar-refractivity contribution in [3.05, 3.63) is 47.5 Å². The topological polar surface area (TPSA) is 84.1 Å². The highest BCUT2D eigenvalue weighted by molar-refractivity contribution is 5.97. The zero-order valence-corrected chi connectivity index (χ0v) is 14.7. The molecule has 0 amide bonds. The Bertz CT molecular complexity index is 979. The molecule has 1 heterocycles. The maximum atomic E-state index is 9.85. The molecule has 0 unspecified atom stereocenters. The van der Waals surface area contributed by atoms with Crippen molar-refractivity contribution in [1.82, 2.24) is 4.98 Å². The van der Waals surface area contributed by atoms with Crippen LogP contribution in [0, 0.1) is 11.3 Å². The largest absolute Gasteiger partial charge is 0.491 e. The summed E-state index contributed by atoms with van der Waals surface area (Å²) in [5.41, 5.74) is 11.1. The zero-order chi connectivity index (χ0) is 18.1. The highest BCUT2D eigenvalue weighted by Gasteiger charge is 2.29. The van der Waals surface area contributed by atoms with E-state index < -0.39 is 0 Å². The quantitative estimate of drug-likeness (QED) is 0.517. The van der Waals surface area contributed by atoms with Gasteiger partial charge in [-0.3, -0.25) is 0 Å². The maximum Gasteiger partial charge on any atom is 0.121 e. The van der Waals surface area contributed by atoms with Crippen LogP contribution in [0.3, 0.4) is 0 Å². The van der Waals surface area contributed by atoms with Crippen LogP contribution >= 0.6 is 0 Å². The summed E-state index contributed by atoms with van der Waals surface area (Å²) < 4.78 is 10.9. The lowest BCUT2D eigenvalue weighted by atomic mass is 9.99. The molecule has 1 fully saturated rings. The molecule has 0 bridgehead atoms. The van der Waals surface area contributed by atoms with Crippen molar-refractivity contribution in [3.63, 3.8) is 0 Å². The molecule has 0 spiro atoms. The number of hydrogen-bond donors (Lipinski definition) is 2. The van der Waals surface area contributed by atoms with Crippen molar-refractivity contribution in [2.45, 2.75) is 18.8 Å². The third-order valence-corrected chi connectivity index (χ3v) is 4.79. The molecule has 1 saturated carbocycles. The molecular weight excluding hydrogens is 326 g/mol. The normalized spacial score (nSPS) is 13.7. The lowest BCUT2D eigenvalue weighted by molar-refractivity contribution is 0.146.